The van der Waals surface area contributed by atoms with Crippen molar-refractivity contribution in [2.24, 2.45) is 5.92 Å². The van der Waals surface area contributed by atoms with Gasteiger partial charge in [0, 0.05) is 12.6 Å². The summed E-state index contributed by atoms with van der Waals surface area (Å²) in [7, 11) is 0. The smallest absolute Gasteiger partial charge is 0.229 e. The number of anilines is 2. The standard InChI is InChI=1S/C10H10BrFN2O/c1-5-4-13-8-3-7(12)6(11)2-9(8)14-10(5)15/h2-3,5,13H,4H2,1H3,(H,14,15). The summed E-state index contributed by atoms with van der Waals surface area (Å²) >= 11 is 3.08. The van der Waals surface area contributed by atoms with Crippen LogP contribution < -0.4 is 10.6 Å². The third-order valence-corrected chi connectivity index (χ3v) is 2.97. The number of rotatable bonds is 0. The number of benzene rings is 1. The van der Waals surface area contributed by atoms with Gasteiger partial charge in [0.2, 0.25) is 5.91 Å². The van der Waals surface area contributed by atoms with Gasteiger partial charge in [0.05, 0.1) is 21.8 Å². The monoisotopic (exact) mass is 272 g/mol. The van der Waals surface area contributed by atoms with Crippen LogP contribution in [0.5, 0.6) is 0 Å². The van der Waals surface area contributed by atoms with Crippen molar-refractivity contribution in [2.45, 2.75) is 6.92 Å². The van der Waals surface area contributed by atoms with E-state index < -0.39 is 0 Å². The van der Waals surface area contributed by atoms with Crippen molar-refractivity contribution in [2.75, 3.05) is 17.2 Å². The molecule has 5 heteroatoms. The van der Waals surface area contributed by atoms with Gasteiger partial charge in [-0.25, -0.2) is 4.39 Å². The topological polar surface area (TPSA) is 41.1 Å². The predicted octanol–water partition coefficient (Wildman–Crippen LogP) is 2.59. The first-order valence-electron chi connectivity index (χ1n) is 4.61. The van der Waals surface area contributed by atoms with Crippen LogP contribution in [0.25, 0.3) is 0 Å². The zero-order valence-electron chi connectivity index (χ0n) is 8.10. The zero-order valence-corrected chi connectivity index (χ0v) is 9.69. The molecule has 2 rings (SSSR count). The minimum atomic E-state index is -0.343. The highest BCUT2D eigenvalue weighted by atomic mass is 79.9. The van der Waals surface area contributed by atoms with Gasteiger partial charge in [-0.3, -0.25) is 4.79 Å². The summed E-state index contributed by atoms with van der Waals surface area (Å²) in [5.74, 6) is -0.524. The molecule has 1 heterocycles. The van der Waals surface area contributed by atoms with Crippen molar-refractivity contribution in [1.82, 2.24) is 0 Å². The fraction of sp³-hybridized carbons (Fsp3) is 0.300. The van der Waals surface area contributed by atoms with Gasteiger partial charge < -0.3 is 10.6 Å². The Labute approximate surface area is 95.2 Å². The first kappa shape index (κ1) is 10.4. The Morgan fingerprint density at radius 3 is 2.93 bits per heavy atom. The molecule has 2 N–H and O–H groups in total. The molecule has 1 atom stereocenters. The molecule has 1 aliphatic rings. The van der Waals surface area contributed by atoms with Crippen LogP contribution in [0, 0.1) is 11.7 Å². The summed E-state index contributed by atoms with van der Waals surface area (Å²) in [6.07, 6.45) is 0. The first-order chi connectivity index (χ1) is 7.08. The Balaban J connectivity index is 2.43. The highest BCUT2D eigenvalue weighted by molar-refractivity contribution is 9.10. The molecule has 1 aromatic rings. The lowest BCUT2D eigenvalue weighted by atomic mass is 10.2. The molecule has 1 amide bonds. The van der Waals surface area contributed by atoms with Gasteiger partial charge in [0.25, 0.3) is 0 Å². The second-order valence-corrected chi connectivity index (χ2v) is 4.44. The lowest BCUT2D eigenvalue weighted by molar-refractivity contribution is -0.118. The Kier molecular flexibility index (Phi) is 2.65. The van der Waals surface area contributed by atoms with E-state index in [2.05, 4.69) is 26.6 Å². The second kappa shape index (κ2) is 3.81. The van der Waals surface area contributed by atoms with Crippen molar-refractivity contribution < 1.29 is 9.18 Å². The average molecular weight is 273 g/mol. The molecule has 0 bridgehead atoms. The molecule has 0 fully saturated rings. The molecular formula is C10H10BrFN2O. The van der Waals surface area contributed by atoms with E-state index in [-0.39, 0.29) is 17.6 Å². The maximum atomic E-state index is 13.2. The number of carbonyl (C=O) groups is 1. The van der Waals surface area contributed by atoms with Crippen LogP contribution in [0.15, 0.2) is 16.6 Å². The summed E-state index contributed by atoms with van der Waals surface area (Å²) < 4.78 is 13.6. The molecular weight excluding hydrogens is 263 g/mol. The third-order valence-electron chi connectivity index (χ3n) is 2.36. The summed E-state index contributed by atoms with van der Waals surface area (Å²) in [6, 6.07) is 2.94. The highest BCUT2D eigenvalue weighted by Gasteiger charge is 2.20. The Morgan fingerprint density at radius 1 is 1.47 bits per heavy atom. The Bertz CT molecular complexity index is 422. The van der Waals surface area contributed by atoms with Crippen LogP contribution in [-0.4, -0.2) is 12.5 Å². The predicted molar refractivity (Wildman–Crippen MR) is 60.4 cm³/mol. The van der Waals surface area contributed by atoms with E-state index in [4.69, 9.17) is 0 Å². The minimum Gasteiger partial charge on any atom is -0.382 e. The van der Waals surface area contributed by atoms with E-state index in [1.807, 2.05) is 6.92 Å². The molecule has 0 aliphatic carbocycles. The SMILES string of the molecule is CC1CNc2cc(F)c(Br)cc2NC1=O. The lowest BCUT2D eigenvalue weighted by Gasteiger charge is -2.08. The van der Waals surface area contributed by atoms with Crippen molar-refractivity contribution in [3.63, 3.8) is 0 Å². The van der Waals surface area contributed by atoms with E-state index in [0.717, 1.165) is 0 Å². The number of nitrogens with one attached hydrogen (secondary N) is 2. The molecule has 0 saturated carbocycles. The van der Waals surface area contributed by atoms with Crippen LogP contribution in [0.1, 0.15) is 6.92 Å². The molecule has 1 aromatic carbocycles. The summed E-state index contributed by atoms with van der Waals surface area (Å²) in [5, 5.41) is 5.77. The molecule has 0 spiro atoms. The maximum Gasteiger partial charge on any atom is 0.229 e. The molecule has 0 radical (unpaired) electrons. The van der Waals surface area contributed by atoms with Crippen molar-refractivity contribution in [1.29, 1.82) is 0 Å². The number of hydrogen-bond donors (Lipinski definition) is 2. The lowest BCUT2D eigenvalue weighted by Crippen LogP contribution is -2.22. The van der Waals surface area contributed by atoms with Crippen molar-refractivity contribution in [3.05, 3.63) is 22.4 Å². The number of carbonyl (C=O) groups excluding carboxylic acids is 1. The van der Waals surface area contributed by atoms with Gasteiger partial charge in [-0.15, -0.1) is 0 Å². The molecule has 80 valence electrons. The number of fused-ring (bicyclic) bond motifs is 1. The van der Waals surface area contributed by atoms with Gasteiger partial charge >= 0.3 is 0 Å². The van der Waals surface area contributed by atoms with Gasteiger partial charge in [-0.1, -0.05) is 6.92 Å². The van der Waals surface area contributed by atoms with Gasteiger partial charge in [0.15, 0.2) is 0 Å². The molecule has 1 aliphatic heterocycles. The zero-order chi connectivity index (χ0) is 11.0. The molecule has 0 aromatic heterocycles. The van der Waals surface area contributed by atoms with Gasteiger partial charge in [-0.05, 0) is 22.0 Å². The van der Waals surface area contributed by atoms with Crippen LogP contribution in [0.2, 0.25) is 0 Å². The number of amides is 1. The molecule has 0 saturated heterocycles. The molecule has 15 heavy (non-hydrogen) atoms. The molecule has 3 nitrogen and oxygen atoms in total. The fourth-order valence-electron chi connectivity index (χ4n) is 1.41. The van der Waals surface area contributed by atoms with E-state index in [0.29, 0.717) is 22.4 Å². The summed E-state index contributed by atoms with van der Waals surface area (Å²) in [5.41, 5.74) is 1.23. The third kappa shape index (κ3) is 1.97. The normalized spacial score (nSPS) is 19.9. The van der Waals surface area contributed by atoms with Crippen LogP contribution in [-0.2, 0) is 4.79 Å². The quantitative estimate of drug-likeness (QED) is 0.762. The van der Waals surface area contributed by atoms with Gasteiger partial charge in [0.1, 0.15) is 5.82 Å². The second-order valence-electron chi connectivity index (χ2n) is 3.58. The van der Waals surface area contributed by atoms with Crippen LogP contribution >= 0.6 is 15.9 Å². The fourth-order valence-corrected chi connectivity index (χ4v) is 1.75. The van der Waals surface area contributed by atoms with Crippen LogP contribution in [0.4, 0.5) is 15.8 Å². The van der Waals surface area contributed by atoms with Crippen molar-refractivity contribution >= 4 is 33.2 Å². The van der Waals surface area contributed by atoms with E-state index >= 15 is 0 Å². The maximum absolute atomic E-state index is 13.2. The van der Waals surface area contributed by atoms with Crippen LogP contribution in [0.3, 0.4) is 0 Å². The average Bonchev–Trinajstić information content (AvgIpc) is 2.31. The number of hydrogen-bond acceptors (Lipinski definition) is 2. The van der Waals surface area contributed by atoms with E-state index in [9.17, 15) is 9.18 Å². The summed E-state index contributed by atoms with van der Waals surface area (Å²) in [6.45, 7) is 2.33. The summed E-state index contributed by atoms with van der Waals surface area (Å²) in [4.78, 5) is 11.5. The number of halogens is 2. The molecule has 1 unspecified atom stereocenters. The van der Waals surface area contributed by atoms with E-state index in [1.165, 1.54) is 6.07 Å². The first-order valence-corrected chi connectivity index (χ1v) is 5.41. The Morgan fingerprint density at radius 2 is 2.20 bits per heavy atom. The Hall–Kier alpha value is -1.10. The highest BCUT2D eigenvalue weighted by Crippen LogP contribution is 2.30. The van der Waals surface area contributed by atoms with Crippen molar-refractivity contribution in [3.8, 4) is 0 Å². The van der Waals surface area contributed by atoms with E-state index in [1.54, 1.807) is 6.07 Å². The largest absolute Gasteiger partial charge is 0.382 e. The van der Waals surface area contributed by atoms with Gasteiger partial charge in [-0.2, -0.15) is 0 Å². The minimum absolute atomic E-state index is 0.0558.